The van der Waals surface area contributed by atoms with Crippen LogP contribution in [0.5, 0.6) is 5.75 Å². The van der Waals surface area contributed by atoms with E-state index < -0.39 is 17.1 Å². The molecule has 1 N–H and O–H groups in total. The van der Waals surface area contributed by atoms with Gasteiger partial charge in [-0.25, -0.2) is 8.78 Å². The molecule has 2 heterocycles. The van der Waals surface area contributed by atoms with Gasteiger partial charge in [-0.05, 0) is 74.0 Å². The highest BCUT2D eigenvalue weighted by Gasteiger charge is 2.31. The number of hydrogen-bond acceptors (Lipinski definition) is 4. The van der Waals surface area contributed by atoms with E-state index in [9.17, 15) is 8.78 Å². The van der Waals surface area contributed by atoms with Crippen LogP contribution in [0, 0.1) is 0 Å². The molecule has 1 fully saturated rings. The van der Waals surface area contributed by atoms with Crippen molar-refractivity contribution in [2.75, 3.05) is 25.1 Å². The van der Waals surface area contributed by atoms with Crippen LogP contribution < -0.4 is 15.0 Å². The van der Waals surface area contributed by atoms with Crippen LogP contribution in [0.3, 0.4) is 0 Å². The van der Waals surface area contributed by atoms with Crippen LogP contribution in [-0.2, 0) is 12.0 Å². The van der Waals surface area contributed by atoms with Crippen molar-refractivity contribution < 1.29 is 13.5 Å². The molecule has 31 heavy (non-hydrogen) atoms. The first kappa shape index (κ1) is 21.5. The van der Waals surface area contributed by atoms with E-state index in [2.05, 4.69) is 27.3 Å². The average molecular weight is 426 g/mol. The van der Waals surface area contributed by atoms with Crippen LogP contribution in [0.15, 0.2) is 66.4 Å². The molecule has 164 valence electrons. The van der Waals surface area contributed by atoms with Gasteiger partial charge in [-0.2, -0.15) is 0 Å². The number of piperidine rings is 1. The summed E-state index contributed by atoms with van der Waals surface area (Å²) in [6, 6.07) is 12.6. The average Bonchev–Trinajstić information content (AvgIpc) is 2.81. The minimum absolute atomic E-state index is 0.0116. The van der Waals surface area contributed by atoms with E-state index in [0.717, 1.165) is 55.2 Å². The Balaban J connectivity index is 1.61. The Bertz CT molecular complexity index is 967. The number of hydrogen-bond donors (Lipinski definition) is 1. The zero-order valence-electron chi connectivity index (χ0n) is 18.1. The molecule has 1 saturated heterocycles. The molecule has 0 bridgehead atoms. The fraction of sp³-hybridized carbons (Fsp3) is 0.400. The molecule has 1 aliphatic carbocycles. The monoisotopic (exact) mass is 425 g/mol. The third-order valence-electron chi connectivity index (χ3n) is 6.30. The number of nitrogens with zero attached hydrogens (tertiary/aromatic N) is 2. The summed E-state index contributed by atoms with van der Waals surface area (Å²) in [6.45, 7) is 4.62. The van der Waals surface area contributed by atoms with Crippen molar-refractivity contribution in [3.05, 3.63) is 77.7 Å². The Labute approximate surface area is 182 Å². The second-order valence-electron chi connectivity index (χ2n) is 8.54. The van der Waals surface area contributed by atoms with Crippen LogP contribution in [0.2, 0.25) is 0 Å². The van der Waals surface area contributed by atoms with E-state index in [0.29, 0.717) is 6.04 Å². The summed E-state index contributed by atoms with van der Waals surface area (Å²) in [5, 5.41) is 3.43. The van der Waals surface area contributed by atoms with Crippen molar-refractivity contribution >= 4 is 5.69 Å². The lowest BCUT2D eigenvalue weighted by molar-refractivity contribution is 0.413. The maximum absolute atomic E-state index is 14.0. The number of anilines is 1. The van der Waals surface area contributed by atoms with Gasteiger partial charge >= 0.3 is 0 Å². The number of pyridine rings is 1. The Morgan fingerprint density at radius 2 is 1.90 bits per heavy atom. The summed E-state index contributed by atoms with van der Waals surface area (Å²) in [4.78, 5) is 6.93. The van der Waals surface area contributed by atoms with Crippen LogP contribution in [0.25, 0.3) is 0 Å². The molecular formula is C25H29F2N3O. The van der Waals surface area contributed by atoms with Crippen molar-refractivity contribution in [3.8, 4) is 5.75 Å². The van der Waals surface area contributed by atoms with Gasteiger partial charge in [-0.1, -0.05) is 13.0 Å². The highest BCUT2D eigenvalue weighted by Crippen LogP contribution is 2.37. The summed E-state index contributed by atoms with van der Waals surface area (Å²) in [6.07, 6.45) is 6.82. The zero-order chi connectivity index (χ0) is 21.8. The van der Waals surface area contributed by atoms with Gasteiger partial charge in [-0.15, -0.1) is 0 Å². The van der Waals surface area contributed by atoms with Gasteiger partial charge in [-0.3, -0.25) is 4.98 Å². The molecule has 6 heteroatoms. The zero-order valence-corrected chi connectivity index (χ0v) is 18.1. The molecule has 0 radical (unpaired) electrons. The van der Waals surface area contributed by atoms with E-state index >= 15 is 0 Å². The van der Waals surface area contributed by atoms with Crippen LogP contribution in [0.4, 0.5) is 14.5 Å². The van der Waals surface area contributed by atoms with E-state index in [4.69, 9.17) is 4.74 Å². The van der Waals surface area contributed by atoms with Gasteiger partial charge in [0.05, 0.1) is 12.8 Å². The molecule has 0 saturated carbocycles. The third-order valence-corrected chi connectivity index (χ3v) is 6.30. The van der Waals surface area contributed by atoms with Crippen LogP contribution in [-0.4, -0.2) is 31.2 Å². The van der Waals surface area contributed by atoms with Crippen molar-refractivity contribution in [3.63, 3.8) is 0 Å². The van der Waals surface area contributed by atoms with Crippen molar-refractivity contribution in [2.24, 2.45) is 0 Å². The summed E-state index contributed by atoms with van der Waals surface area (Å²) >= 11 is 0. The number of benzene rings is 1. The quantitative estimate of drug-likeness (QED) is 0.689. The molecule has 4 rings (SSSR count). The molecule has 0 spiro atoms. The molecule has 1 atom stereocenters. The number of allylic oxidation sites excluding steroid dienone is 4. The molecule has 1 aromatic heterocycles. The standard InChI is InChI=1S/C25H29F2N3O/c1-25(11-7-22(26)23(27)16-25)24-15-18(8-14-29-24)17-30(20-9-12-28-13-10-20)19-3-5-21(31-2)6-4-19/h3-8,11,14-15,20,28H,9-10,12-13,16-17H2,1-2H3. The largest absolute Gasteiger partial charge is 0.497 e. The number of halogens is 2. The van der Waals surface area contributed by atoms with E-state index in [1.165, 1.54) is 6.08 Å². The Kier molecular flexibility index (Phi) is 6.37. The second kappa shape index (κ2) is 9.18. The molecule has 4 nitrogen and oxygen atoms in total. The Morgan fingerprint density at radius 3 is 2.58 bits per heavy atom. The third kappa shape index (κ3) is 4.79. The van der Waals surface area contributed by atoms with Gasteiger partial charge in [0.25, 0.3) is 0 Å². The van der Waals surface area contributed by atoms with Gasteiger partial charge in [0, 0.05) is 36.3 Å². The van der Waals surface area contributed by atoms with Gasteiger partial charge < -0.3 is 15.0 Å². The second-order valence-corrected chi connectivity index (χ2v) is 8.54. The molecule has 0 amide bonds. The minimum atomic E-state index is -0.787. The van der Waals surface area contributed by atoms with E-state index in [-0.39, 0.29) is 6.42 Å². The van der Waals surface area contributed by atoms with Crippen molar-refractivity contribution in [1.82, 2.24) is 10.3 Å². The fourth-order valence-electron chi connectivity index (χ4n) is 4.39. The maximum atomic E-state index is 14.0. The summed E-state index contributed by atoms with van der Waals surface area (Å²) in [5.74, 6) is -0.670. The SMILES string of the molecule is COc1ccc(N(Cc2ccnc(C3(C)C=CC(F)=C(F)C3)c2)C2CCNCC2)cc1. The molecule has 1 aromatic carbocycles. The molecular weight excluding hydrogens is 396 g/mol. The normalized spacial score (nSPS) is 21.9. The lowest BCUT2D eigenvalue weighted by Crippen LogP contribution is -2.43. The predicted octanol–water partition coefficient (Wildman–Crippen LogP) is 5.22. The smallest absolute Gasteiger partial charge is 0.154 e. The number of methoxy groups -OCH3 is 1. The summed E-state index contributed by atoms with van der Waals surface area (Å²) in [5.41, 5.74) is 2.34. The number of aromatic nitrogens is 1. The van der Waals surface area contributed by atoms with Crippen molar-refractivity contribution in [1.29, 1.82) is 0 Å². The number of rotatable bonds is 6. The highest BCUT2D eigenvalue weighted by atomic mass is 19.2. The van der Waals surface area contributed by atoms with E-state index in [1.54, 1.807) is 19.4 Å². The molecule has 2 aromatic rings. The topological polar surface area (TPSA) is 37.4 Å². The maximum Gasteiger partial charge on any atom is 0.154 e. The van der Waals surface area contributed by atoms with Gasteiger partial charge in [0.2, 0.25) is 0 Å². The molecule has 1 unspecified atom stereocenters. The number of ether oxygens (including phenoxy) is 1. The predicted molar refractivity (Wildman–Crippen MR) is 120 cm³/mol. The minimum Gasteiger partial charge on any atom is -0.497 e. The summed E-state index contributed by atoms with van der Waals surface area (Å²) in [7, 11) is 1.67. The van der Waals surface area contributed by atoms with Crippen molar-refractivity contribution in [2.45, 2.75) is 44.2 Å². The Hall–Kier alpha value is -2.73. The molecule has 1 aliphatic heterocycles. The van der Waals surface area contributed by atoms with Gasteiger partial charge in [0.15, 0.2) is 5.83 Å². The van der Waals surface area contributed by atoms with E-state index in [1.807, 2.05) is 31.2 Å². The molecule has 2 aliphatic rings. The van der Waals surface area contributed by atoms with Crippen LogP contribution >= 0.6 is 0 Å². The lowest BCUT2D eigenvalue weighted by Gasteiger charge is -2.37. The Morgan fingerprint density at radius 1 is 1.16 bits per heavy atom. The highest BCUT2D eigenvalue weighted by molar-refractivity contribution is 5.51. The van der Waals surface area contributed by atoms with Gasteiger partial charge in [0.1, 0.15) is 11.6 Å². The first-order valence-corrected chi connectivity index (χ1v) is 10.8. The lowest BCUT2D eigenvalue weighted by atomic mass is 9.79. The fourth-order valence-corrected chi connectivity index (χ4v) is 4.39. The summed E-state index contributed by atoms with van der Waals surface area (Å²) < 4.78 is 32.8. The van der Waals surface area contributed by atoms with Crippen LogP contribution in [0.1, 0.15) is 37.4 Å². The first-order valence-electron chi connectivity index (χ1n) is 10.8. The first-order chi connectivity index (χ1) is 15.0. The number of nitrogens with one attached hydrogen (secondary N) is 1.